The van der Waals surface area contributed by atoms with Crippen LogP contribution in [0.25, 0.3) is 11.4 Å². The molecule has 30 heavy (non-hydrogen) atoms. The molecule has 0 N–H and O–H groups in total. The number of nitrogens with zero attached hydrogens (tertiary/aromatic N) is 3. The Bertz CT molecular complexity index is 1050. The van der Waals surface area contributed by atoms with Crippen molar-refractivity contribution in [1.82, 2.24) is 14.5 Å². The van der Waals surface area contributed by atoms with E-state index in [0.29, 0.717) is 12.8 Å². The molecule has 2 heterocycles. The summed E-state index contributed by atoms with van der Waals surface area (Å²) < 4.78 is 7.79. The maximum atomic E-state index is 13.0. The van der Waals surface area contributed by atoms with Gasteiger partial charge < -0.3 is 14.2 Å². The fraction of sp³-hybridized carbons (Fsp3) is 0.360. The number of ether oxygens (including phenoxy) is 1. The molecule has 5 heteroatoms. The Morgan fingerprint density at radius 2 is 1.87 bits per heavy atom. The molecule has 0 saturated carbocycles. The third-order valence-corrected chi connectivity index (χ3v) is 6.31. The number of imidazole rings is 1. The molecule has 4 rings (SSSR count). The Kier molecular flexibility index (Phi) is 5.37. The molecular formula is C25H29N3O2. The average Bonchev–Trinajstić information content (AvgIpc) is 3.34. The molecule has 3 aromatic rings. The number of hydrogen-bond acceptors (Lipinski definition) is 3. The molecule has 0 radical (unpaired) electrons. The zero-order chi connectivity index (χ0) is 21.3. The molecule has 1 aliphatic rings. The zero-order valence-electron chi connectivity index (χ0n) is 18.2. The lowest BCUT2D eigenvalue weighted by Gasteiger charge is -2.34. The topological polar surface area (TPSA) is 47.4 Å². The summed E-state index contributed by atoms with van der Waals surface area (Å²) >= 11 is 0. The van der Waals surface area contributed by atoms with Gasteiger partial charge in [0.05, 0.1) is 12.6 Å². The van der Waals surface area contributed by atoms with Crippen molar-refractivity contribution in [3.63, 3.8) is 0 Å². The van der Waals surface area contributed by atoms with E-state index in [1.54, 1.807) is 7.11 Å². The summed E-state index contributed by atoms with van der Waals surface area (Å²) in [5, 5.41) is 0. The standard InChI is InChI=1S/C25H29N3O2/c1-5-27(6-2)23(29)13-14-25(19-9-7-18(3)8-10-19)22-17-20(30-4)11-12-21(22)24-26-15-16-28(24)25/h7-12,15-17H,5-6,13-14H2,1-4H3. The maximum Gasteiger partial charge on any atom is 0.222 e. The van der Waals surface area contributed by atoms with E-state index >= 15 is 0 Å². The monoisotopic (exact) mass is 403 g/mol. The van der Waals surface area contributed by atoms with Crippen molar-refractivity contribution in [1.29, 1.82) is 0 Å². The number of aromatic nitrogens is 2. The van der Waals surface area contributed by atoms with Gasteiger partial charge >= 0.3 is 0 Å². The highest BCUT2D eigenvalue weighted by molar-refractivity contribution is 5.77. The van der Waals surface area contributed by atoms with Gasteiger partial charge in [0.25, 0.3) is 0 Å². The smallest absolute Gasteiger partial charge is 0.222 e. The van der Waals surface area contributed by atoms with Crippen LogP contribution in [0.1, 0.15) is 43.4 Å². The van der Waals surface area contributed by atoms with Gasteiger partial charge in [-0.25, -0.2) is 4.98 Å². The predicted molar refractivity (Wildman–Crippen MR) is 119 cm³/mol. The second-order valence-electron chi connectivity index (χ2n) is 7.82. The second kappa shape index (κ2) is 7.98. The zero-order valence-corrected chi connectivity index (χ0v) is 18.2. The number of amides is 1. The summed E-state index contributed by atoms with van der Waals surface area (Å²) in [5.41, 5.74) is 4.11. The van der Waals surface area contributed by atoms with Gasteiger partial charge in [0, 0.05) is 37.5 Å². The van der Waals surface area contributed by atoms with Gasteiger partial charge in [0.1, 0.15) is 11.6 Å². The van der Waals surface area contributed by atoms with Crippen LogP contribution in [0.5, 0.6) is 5.75 Å². The number of rotatable bonds is 7. The Labute approximate surface area is 178 Å². The SMILES string of the molecule is CCN(CC)C(=O)CCC1(c2ccc(C)cc2)c2cc(OC)ccc2-c2nccn21. The summed E-state index contributed by atoms with van der Waals surface area (Å²) in [4.78, 5) is 19.5. The third kappa shape index (κ3) is 3.09. The van der Waals surface area contributed by atoms with Gasteiger partial charge in [-0.3, -0.25) is 4.79 Å². The lowest BCUT2D eigenvalue weighted by Crippen LogP contribution is -2.37. The van der Waals surface area contributed by atoms with Crippen molar-refractivity contribution < 1.29 is 9.53 Å². The van der Waals surface area contributed by atoms with Crippen LogP contribution in [-0.4, -0.2) is 40.6 Å². The quantitative estimate of drug-likeness (QED) is 0.578. The van der Waals surface area contributed by atoms with Crippen molar-refractivity contribution in [3.8, 4) is 17.1 Å². The fourth-order valence-electron chi connectivity index (χ4n) is 4.67. The first-order chi connectivity index (χ1) is 14.5. The molecule has 1 aromatic heterocycles. The van der Waals surface area contributed by atoms with E-state index in [1.807, 2.05) is 37.2 Å². The van der Waals surface area contributed by atoms with E-state index in [2.05, 4.69) is 52.9 Å². The maximum absolute atomic E-state index is 13.0. The number of fused-ring (bicyclic) bond motifs is 3. The minimum Gasteiger partial charge on any atom is -0.497 e. The molecule has 0 aliphatic carbocycles. The van der Waals surface area contributed by atoms with E-state index < -0.39 is 5.54 Å². The second-order valence-corrected chi connectivity index (χ2v) is 7.82. The summed E-state index contributed by atoms with van der Waals surface area (Å²) in [6, 6.07) is 14.8. The van der Waals surface area contributed by atoms with Crippen LogP contribution < -0.4 is 4.74 Å². The minimum atomic E-state index is -0.494. The van der Waals surface area contributed by atoms with Crippen LogP contribution in [0.3, 0.4) is 0 Å². The molecule has 156 valence electrons. The number of carbonyl (C=O) groups is 1. The summed E-state index contributed by atoms with van der Waals surface area (Å²) in [7, 11) is 1.69. The molecule has 2 aromatic carbocycles. The van der Waals surface area contributed by atoms with Gasteiger partial charge in [0.2, 0.25) is 5.91 Å². The van der Waals surface area contributed by atoms with Crippen LogP contribution >= 0.6 is 0 Å². The van der Waals surface area contributed by atoms with Crippen molar-refractivity contribution in [3.05, 3.63) is 71.5 Å². The van der Waals surface area contributed by atoms with Crippen molar-refractivity contribution in [2.75, 3.05) is 20.2 Å². The highest BCUT2D eigenvalue weighted by Crippen LogP contribution is 2.50. The van der Waals surface area contributed by atoms with E-state index in [1.165, 1.54) is 5.56 Å². The fourth-order valence-corrected chi connectivity index (χ4v) is 4.67. The van der Waals surface area contributed by atoms with Crippen molar-refractivity contribution >= 4 is 5.91 Å². The minimum absolute atomic E-state index is 0.185. The normalized spacial score (nSPS) is 16.8. The number of benzene rings is 2. The van der Waals surface area contributed by atoms with Crippen molar-refractivity contribution in [2.45, 2.75) is 39.2 Å². The van der Waals surface area contributed by atoms with Crippen LogP contribution in [0, 0.1) is 6.92 Å². The highest BCUT2D eigenvalue weighted by atomic mass is 16.5. The molecule has 0 fully saturated rings. The Balaban J connectivity index is 1.88. The molecule has 1 aliphatic heterocycles. The first kappa shape index (κ1) is 20.2. The van der Waals surface area contributed by atoms with E-state index in [9.17, 15) is 4.79 Å². The molecule has 0 bridgehead atoms. The van der Waals surface area contributed by atoms with Gasteiger partial charge in [-0.05, 0) is 56.5 Å². The highest BCUT2D eigenvalue weighted by Gasteiger charge is 2.45. The Hall–Kier alpha value is -3.08. The summed E-state index contributed by atoms with van der Waals surface area (Å²) in [5.74, 6) is 1.93. The molecule has 0 spiro atoms. The average molecular weight is 404 g/mol. The predicted octanol–water partition coefficient (Wildman–Crippen LogP) is 4.62. The summed E-state index contributed by atoms with van der Waals surface area (Å²) in [6.45, 7) is 7.61. The van der Waals surface area contributed by atoms with Crippen molar-refractivity contribution in [2.24, 2.45) is 0 Å². The lowest BCUT2D eigenvalue weighted by atomic mass is 9.78. The van der Waals surface area contributed by atoms with Crippen LogP contribution in [-0.2, 0) is 10.3 Å². The largest absolute Gasteiger partial charge is 0.497 e. The molecule has 1 amide bonds. The first-order valence-corrected chi connectivity index (χ1v) is 10.6. The first-order valence-electron chi connectivity index (χ1n) is 10.6. The van der Waals surface area contributed by atoms with E-state index in [0.717, 1.165) is 41.4 Å². The molecule has 1 atom stereocenters. The van der Waals surface area contributed by atoms with Gasteiger partial charge in [-0.15, -0.1) is 0 Å². The summed E-state index contributed by atoms with van der Waals surface area (Å²) in [6.07, 6.45) is 5.00. The number of methoxy groups -OCH3 is 1. The Morgan fingerprint density at radius 3 is 2.53 bits per heavy atom. The van der Waals surface area contributed by atoms with E-state index in [-0.39, 0.29) is 5.91 Å². The van der Waals surface area contributed by atoms with Crippen LogP contribution in [0.2, 0.25) is 0 Å². The molecular weight excluding hydrogens is 374 g/mol. The third-order valence-electron chi connectivity index (χ3n) is 6.31. The van der Waals surface area contributed by atoms with Gasteiger partial charge in [-0.2, -0.15) is 0 Å². The van der Waals surface area contributed by atoms with Gasteiger partial charge in [0.15, 0.2) is 0 Å². The number of carbonyl (C=O) groups excluding carboxylic acids is 1. The van der Waals surface area contributed by atoms with E-state index in [4.69, 9.17) is 4.74 Å². The Morgan fingerprint density at radius 1 is 1.13 bits per heavy atom. The molecule has 0 saturated heterocycles. The van der Waals surface area contributed by atoms with Crippen LogP contribution in [0.15, 0.2) is 54.9 Å². The number of hydrogen-bond donors (Lipinski definition) is 0. The molecule has 5 nitrogen and oxygen atoms in total. The number of aryl methyl sites for hydroxylation is 1. The molecule has 1 unspecified atom stereocenters. The lowest BCUT2D eigenvalue weighted by molar-refractivity contribution is -0.131. The van der Waals surface area contributed by atoms with Crippen LogP contribution in [0.4, 0.5) is 0 Å². The van der Waals surface area contributed by atoms with Gasteiger partial charge in [-0.1, -0.05) is 29.8 Å².